The van der Waals surface area contributed by atoms with Crippen LogP contribution in [0.2, 0.25) is 0 Å². The number of benzene rings is 3. The summed E-state index contributed by atoms with van der Waals surface area (Å²) in [6.07, 6.45) is 10.9. The Morgan fingerprint density at radius 2 is 1.56 bits per heavy atom. The lowest BCUT2D eigenvalue weighted by Crippen LogP contribution is -2.46. The predicted molar refractivity (Wildman–Crippen MR) is 222 cm³/mol. The van der Waals surface area contributed by atoms with Crippen LogP contribution in [-0.4, -0.2) is 73.9 Å². The van der Waals surface area contributed by atoms with Crippen molar-refractivity contribution in [2.24, 2.45) is 7.05 Å². The molecule has 0 radical (unpaired) electrons. The molecule has 57 heavy (non-hydrogen) atoms. The van der Waals surface area contributed by atoms with Gasteiger partial charge in [-0.05, 0) is 79.3 Å². The summed E-state index contributed by atoms with van der Waals surface area (Å²) in [4.78, 5) is 41.8. The van der Waals surface area contributed by atoms with Crippen molar-refractivity contribution >= 4 is 34.4 Å². The number of aryl methyl sites for hydroxylation is 2. The van der Waals surface area contributed by atoms with Crippen LogP contribution in [0.1, 0.15) is 81.4 Å². The first-order valence-corrected chi connectivity index (χ1v) is 20.4. The Labute approximate surface area is 333 Å². The molecule has 1 atom stereocenters. The van der Waals surface area contributed by atoms with Crippen LogP contribution in [0, 0.1) is 0 Å². The van der Waals surface area contributed by atoms with Crippen LogP contribution in [-0.2, 0) is 29.6 Å². The van der Waals surface area contributed by atoms with E-state index in [1.54, 1.807) is 23.7 Å². The van der Waals surface area contributed by atoms with E-state index in [0.29, 0.717) is 23.5 Å². The fourth-order valence-electron chi connectivity index (χ4n) is 8.08. The number of para-hydroxylation sites is 1. The van der Waals surface area contributed by atoms with E-state index >= 15 is 0 Å². The molecule has 2 aliphatic heterocycles. The van der Waals surface area contributed by atoms with E-state index < -0.39 is 11.9 Å². The number of nitrogens with zero attached hydrogens (tertiary/aromatic N) is 6. The van der Waals surface area contributed by atoms with E-state index in [1.807, 2.05) is 30.3 Å². The molecule has 2 aliphatic rings. The van der Waals surface area contributed by atoms with Crippen molar-refractivity contribution in [3.63, 3.8) is 0 Å². The van der Waals surface area contributed by atoms with Crippen LogP contribution in [0.5, 0.6) is 11.5 Å². The molecule has 13 nitrogen and oxygen atoms in total. The molecule has 7 rings (SSSR count). The van der Waals surface area contributed by atoms with E-state index in [2.05, 4.69) is 55.6 Å². The second-order valence-corrected chi connectivity index (χ2v) is 15.4. The number of unbranched alkanes of at least 4 members (excludes halogenated alkanes) is 7. The predicted octanol–water partition coefficient (Wildman–Crippen LogP) is 6.13. The number of ether oxygens (including phenoxy) is 1. The number of nitrogens with one attached hydrogen (secondary N) is 1. The number of aromatic nitrogens is 4. The normalized spacial score (nSPS) is 16.3. The number of carbonyl (C=O) groups excluding carboxylic acids is 2. The maximum absolute atomic E-state index is 13.0. The van der Waals surface area contributed by atoms with Gasteiger partial charge in [-0.2, -0.15) is 0 Å². The lowest BCUT2D eigenvalue weighted by molar-refractivity contribution is -0.135. The number of fused-ring (bicyclic) bond motifs is 1. The number of piperidine rings is 1. The topological polar surface area (TPSA) is 161 Å². The van der Waals surface area contributed by atoms with Crippen LogP contribution < -0.4 is 26.4 Å². The minimum atomic E-state index is -0.659. The summed E-state index contributed by atoms with van der Waals surface area (Å²) in [5.41, 5.74) is 12.1. The summed E-state index contributed by atoms with van der Waals surface area (Å²) in [6, 6.07) is 22.9. The van der Waals surface area contributed by atoms with Crippen molar-refractivity contribution in [2.75, 3.05) is 43.4 Å². The number of carbonyl (C=O) groups is 2. The maximum atomic E-state index is 13.0. The van der Waals surface area contributed by atoms with Gasteiger partial charge in [0.05, 0.1) is 29.0 Å². The number of hydrogen-bond acceptors (Lipinski definition) is 10. The molecule has 2 fully saturated rings. The smallest absolute Gasteiger partial charge is 0.329 e. The highest BCUT2D eigenvalue weighted by atomic mass is 16.5. The van der Waals surface area contributed by atoms with Gasteiger partial charge in [0.25, 0.3) is 0 Å². The van der Waals surface area contributed by atoms with Crippen molar-refractivity contribution in [1.82, 2.24) is 29.5 Å². The van der Waals surface area contributed by atoms with Gasteiger partial charge in [0.1, 0.15) is 17.5 Å². The first kappa shape index (κ1) is 39.5. The Hall–Kier alpha value is -5.69. The highest BCUT2D eigenvalue weighted by molar-refractivity contribution is 6.00. The highest BCUT2D eigenvalue weighted by Crippen LogP contribution is 2.32. The number of amides is 2. The molecule has 0 spiro atoms. The first-order chi connectivity index (χ1) is 27.7. The van der Waals surface area contributed by atoms with Crippen molar-refractivity contribution in [1.29, 1.82) is 0 Å². The third-order valence-corrected chi connectivity index (χ3v) is 11.3. The van der Waals surface area contributed by atoms with Crippen LogP contribution in [0.15, 0.2) is 77.6 Å². The van der Waals surface area contributed by atoms with Gasteiger partial charge in [0.2, 0.25) is 11.8 Å². The van der Waals surface area contributed by atoms with Gasteiger partial charge < -0.3 is 20.5 Å². The molecule has 4 N–H and O–H groups in total. The Morgan fingerprint density at radius 1 is 0.807 bits per heavy atom. The zero-order valence-corrected chi connectivity index (χ0v) is 32.9. The van der Waals surface area contributed by atoms with E-state index in [1.165, 1.54) is 47.8 Å². The number of imidazole rings is 1. The average Bonchev–Trinajstić information content (AvgIpc) is 3.45. The summed E-state index contributed by atoms with van der Waals surface area (Å²) < 4.78 is 9.28. The molecular formula is C44H54N8O5. The van der Waals surface area contributed by atoms with Crippen molar-refractivity contribution in [3.05, 3.63) is 94.4 Å². The van der Waals surface area contributed by atoms with Crippen LogP contribution in [0.25, 0.3) is 22.3 Å². The zero-order valence-electron chi connectivity index (χ0n) is 32.9. The third kappa shape index (κ3) is 9.65. The number of piperazine rings is 1. The number of imide groups is 1. The Morgan fingerprint density at radius 3 is 2.33 bits per heavy atom. The van der Waals surface area contributed by atoms with Crippen LogP contribution in [0.4, 0.5) is 11.5 Å². The minimum absolute atomic E-state index is 0.169. The maximum Gasteiger partial charge on any atom is 0.329 e. The number of anilines is 2. The van der Waals surface area contributed by atoms with Gasteiger partial charge in [0.15, 0.2) is 5.82 Å². The third-order valence-electron chi connectivity index (χ3n) is 11.3. The molecule has 5 aromatic rings. The first-order valence-electron chi connectivity index (χ1n) is 20.4. The molecule has 0 aliphatic carbocycles. The number of rotatable bonds is 17. The van der Waals surface area contributed by atoms with Gasteiger partial charge in [-0.15, -0.1) is 10.2 Å². The van der Waals surface area contributed by atoms with Crippen LogP contribution in [0.3, 0.4) is 0 Å². The molecule has 300 valence electrons. The molecule has 2 saturated heterocycles. The SMILES string of the molecule is Cn1c(=O)n(C2CCC(=O)NC2=O)c2ccc(CCCCCCCCCCOc3cccc(CN4CCN(c5cc(-c6ccccc6O)nnc5N)CC4)c3)cc21. The quantitative estimate of drug-likeness (QED) is 0.0741. The van der Waals surface area contributed by atoms with Crippen LogP contribution >= 0.6 is 0 Å². The molecule has 2 amide bonds. The minimum Gasteiger partial charge on any atom is -0.507 e. The van der Waals surface area contributed by atoms with Crippen molar-refractivity contribution in [2.45, 2.75) is 83.2 Å². The number of phenolic OH excluding ortho intramolecular Hbond substituents is 1. The molecule has 0 saturated carbocycles. The molecule has 2 aromatic heterocycles. The lowest BCUT2D eigenvalue weighted by Gasteiger charge is -2.36. The fourth-order valence-corrected chi connectivity index (χ4v) is 8.08. The number of hydrogen-bond donors (Lipinski definition) is 3. The van der Waals surface area contributed by atoms with E-state index in [-0.39, 0.29) is 23.8 Å². The summed E-state index contributed by atoms with van der Waals surface area (Å²) >= 11 is 0. The molecule has 4 heterocycles. The molecule has 1 unspecified atom stereocenters. The summed E-state index contributed by atoms with van der Waals surface area (Å²) in [5, 5.41) is 21.1. The van der Waals surface area contributed by atoms with Crippen molar-refractivity contribution < 1.29 is 19.4 Å². The largest absolute Gasteiger partial charge is 0.507 e. The zero-order chi connectivity index (χ0) is 39.7. The van der Waals surface area contributed by atoms with Crippen molar-refractivity contribution in [3.8, 4) is 22.8 Å². The van der Waals surface area contributed by atoms with Gasteiger partial charge >= 0.3 is 5.69 Å². The molecule has 3 aromatic carbocycles. The summed E-state index contributed by atoms with van der Waals surface area (Å²) in [7, 11) is 1.74. The Bertz CT molecular complexity index is 2240. The number of aromatic hydroxyl groups is 1. The lowest BCUT2D eigenvalue weighted by atomic mass is 10.0. The number of nitrogens with two attached hydrogens (primary N) is 1. The van der Waals surface area contributed by atoms with Gasteiger partial charge in [-0.3, -0.25) is 28.9 Å². The van der Waals surface area contributed by atoms with Gasteiger partial charge in [-0.1, -0.05) is 68.9 Å². The van der Waals surface area contributed by atoms with E-state index in [4.69, 9.17) is 10.5 Å². The number of nitrogen functional groups attached to an aromatic ring is 1. The van der Waals surface area contributed by atoms with E-state index in [0.717, 1.165) is 87.5 Å². The highest BCUT2D eigenvalue weighted by Gasteiger charge is 2.31. The standard InChI is InChI=1S/C44H54N8O5/c1-49-38-28-31(18-19-36(38)52(44(49)56)37-20-21-41(54)46-43(37)55)13-8-6-4-2-3-5-7-11-26-57-33-15-12-14-32(27-33)30-50-22-24-51(25-23-50)39-29-35(47-48-42(39)45)34-16-9-10-17-40(34)53/h9-10,12,14-19,27-29,37,53H,2-8,11,13,20-26,30H2,1H3,(H2,45,48)(H,46,54,55). The molecule has 0 bridgehead atoms. The number of phenols is 1. The summed E-state index contributed by atoms with van der Waals surface area (Å²) in [6.45, 7) is 5.00. The monoisotopic (exact) mass is 774 g/mol. The molecule has 13 heteroatoms. The Kier molecular flexibility index (Phi) is 12.8. The average molecular weight is 775 g/mol. The van der Waals surface area contributed by atoms with E-state index in [9.17, 15) is 19.5 Å². The Balaban J connectivity index is 0.759. The van der Waals surface area contributed by atoms with Gasteiger partial charge in [-0.25, -0.2) is 4.79 Å². The molecular weight excluding hydrogens is 721 g/mol. The van der Waals surface area contributed by atoms with Gasteiger partial charge in [0, 0.05) is 51.8 Å². The summed E-state index contributed by atoms with van der Waals surface area (Å²) in [5.74, 6) is 0.790. The second kappa shape index (κ2) is 18.5. The fraction of sp³-hybridized carbons (Fsp3) is 0.432. The second-order valence-electron chi connectivity index (χ2n) is 15.4.